The lowest BCUT2D eigenvalue weighted by Crippen LogP contribution is -2.31. The summed E-state index contributed by atoms with van der Waals surface area (Å²) in [7, 11) is 1.54. The van der Waals surface area contributed by atoms with Crippen LogP contribution in [0.25, 0.3) is 11.3 Å². The monoisotopic (exact) mass is 432 g/mol. The van der Waals surface area contributed by atoms with Crippen LogP contribution in [0.2, 0.25) is 0 Å². The Labute approximate surface area is 185 Å². The highest BCUT2D eigenvalue weighted by Crippen LogP contribution is 2.44. The summed E-state index contributed by atoms with van der Waals surface area (Å²) in [6.45, 7) is 1.99. The Bertz CT molecular complexity index is 1150. The van der Waals surface area contributed by atoms with Gasteiger partial charge in [0.2, 0.25) is 0 Å². The molecule has 2 heterocycles. The van der Waals surface area contributed by atoms with Crippen LogP contribution in [0.1, 0.15) is 37.8 Å². The van der Waals surface area contributed by atoms with Gasteiger partial charge in [-0.25, -0.2) is 0 Å². The number of benzene rings is 2. The molecule has 1 atom stereocenters. The van der Waals surface area contributed by atoms with Gasteiger partial charge in [-0.2, -0.15) is 0 Å². The first kappa shape index (κ1) is 21.4. The SMILES string of the molecule is CCCCC(=O)C1=C(O)C(=O)N(c2ccc(-c3ccon3)cc2)C1c1ccccc1OC. The summed E-state index contributed by atoms with van der Waals surface area (Å²) < 4.78 is 10.4. The number of ether oxygens (including phenoxy) is 1. The van der Waals surface area contributed by atoms with Crippen molar-refractivity contribution in [2.75, 3.05) is 12.0 Å². The minimum atomic E-state index is -0.791. The molecule has 0 saturated heterocycles. The smallest absolute Gasteiger partial charge is 0.294 e. The number of aromatic nitrogens is 1. The Morgan fingerprint density at radius 3 is 2.56 bits per heavy atom. The molecule has 0 fully saturated rings. The number of aliphatic hydroxyl groups is 1. The van der Waals surface area contributed by atoms with E-state index in [1.165, 1.54) is 18.3 Å². The summed E-state index contributed by atoms with van der Waals surface area (Å²) in [5.41, 5.74) is 2.77. The van der Waals surface area contributed by atoms with Crippen LogP contribution in [0.4, 0.5) is 5.69 Å². The number of unbranched alkanes of at least 4 members (excludes halogenated alkanes) is 1. The largest absolute Gasteiger partial charge is 0.503 e. The van der Waals surface area contributed by atoms with Gasteiger partial charge in [-0.15, -0.1) is 0 Å². The van der Waals surface area contributed by atoms with Crippen LogP contribution >= 0.6 is 0 Å². The molecule has 3 aromatic rings. The first-order valence-corrected chi connectivity index (χ1v) is 10.5. The minimum absolute atomic E-state index is 0.105. The fourth-order valence-corrected chi connectivity index (χ4v) is 3.97. The third-order valence-electron chi connectivity index (χ3n) is 5.58. The summed E-state index contributed by atoms with van der Waals surface area (Å²) in [6.07, 6.45) is 3.25. The molecule has 7 nitrogen and oxygen atoms in total. The predicted octanol–water partition coefficient (Wildman–Crippen LogP) is 5.01. The summed E-state index contributed by atoms with van der Waals surface area (Å²) in [5.74, 6) is -0.835. The molecule has 0 bridgehead atoms. The highest BCUT2D eigenvalue weighted by molar-refractivity contribution is 6.16. The molecular weight excluding hydrogens is 408 g/mol. The Balaban J connectivity index is 1.80. The minimum Gasteiger partial charge on any atom is -0.503 e. The molecule has 1 aliphatic heterocycles. The maximum Gasteiger partial charge on any atom is 0.294 e. The Morgan fingerprint density at radius 1 is 1.16 bits per heavy atom. The molecule has 1 N–H and O–H groups in total. The van der Waals surface area contributed by atoms with E-state index in [1.54, 1.807) is 30.3 Å². The number of carbonyl (C=O) groups is 2. The van der Waals surface area contributed by atoms with E-state index in [9.17, 15) is 14.7 Å². The average molecular weight is 432 g/mol. The maximum absolute atomic E-state index is 13.2. The first-order chi connectivity index (χ1) is 15.6. The van der Waals surface area contributed by atoms with E-state index in [1.807, 2.05) is 31.2 Å². The van der Waals surface area contributed by atoms with E-state index in [4.69, 9.17) is 9.26 Å². The second kappa shape index (κ2) is 9.09. The van der Waals surface area contributed by atoms with Crippen molar-refractivity contribution in [3.8, 4) is 17.0 Å². The second-order valence-electron chi connectivity index (χ2n) is 7.54. The van der Waals surface area contributed by atoms with Crippen molar-refractivity contribution in [2.24, 2.45) is 0 Å². The van der Waals surface area contributed by atoms with Crippen LogP contribution in [0, 0.1) is 0 Å². The first-order valence-electron chi connectivity index (χ1n) is 10.5. The van der Waals surface area contributed by atoms with E-state index in [0.717, 1.165) is 12.0 Å². The molecular formula is C25H24N2O5. The number of para-hydroxylation sites is 1. The topological polar surface area (TPSA) is 92.9 Å². The summed E-state index contributed by atoms with van der Waals surface area (Å²) in [6, 6.07) is 15.3. The molecule has 1 aromatic heterocycles. The van der Waals surface area contributed by atoms with Crippen LogP contribution in [0.5, 0.6) is 5.75 Å². The third-order valence-corrected chi connectivity index (χ3v) is 5.58. The zero-order valence-corrected chi connectivity index (χ0v) is 17.9. The number of carbonyl (C=O) groups excluding carboxylic acids is 2. The van der Waals surface area contributed by atoms with Gasteiger partial charge in [-0.05, 0) is 24.6 Å². The molecule has 2 aromatic carbocycles. The van der Waals surface area contributed by atoms with E-state index in [2.05, 4.69) is 5.16 Å². The lowest BCUT2D eigenvalue weighted by atomic mass is 9.93. The molecule has 1 amide bonds. The van der Waals surface area contributed by atoms with E-state index in [0.29, 0.717) is 29.1 Å². The second-order valence-corrected chi connectivity index (χ2v) is 7.54. The zero-order chi connectivity index (χ0) is 22.7. The van der Waals surface area contributed by atoms with E-state index >= 15 is 0 Å². The van der Waals surface area contributed by atoms with Crippen LogP contribution in [0.3, 0.4) is 0 Å². The highest BCUT2D eigenvalue weighted by atomic mass is 16.5. The van der Waals surface area contributed by atoms with Gasteiger partial charge in [0.25, 0.3) is 5.91 Å². The molecule has 0 radical (unpaired) electrons. The average Bonchev–Trinajstić information content (AvgIpc) is 3.45. The van der Waals surface area contributed by atoms with Gasteiger partial charge in [0, 0.05) is 29.3 Å². The molecule has 1 aliphatic rings. The van der Waals surface area contributed by atoms with E-state index < -0.39 is 17.7 Å². The number of Topliss-reactive ketones (excluding diaryl/α,β-unsaturated/α-hetero) is 1. The van der Waals surface area contributed by atoms with Crippen molar-refractivity contribution in [1.29, 1.82) is 0 Å². The lowest BCUT2D eigenvalue weighted by Gasteiger charge is -2.28. The number of hydrogen-bond donors (Lipinski definition) is 1. The lowest BCUT2D eigenvalue weighted by molar-refractivity contribution is -0.118. The van der Waals surface area contributed by atoms with Gasteiger partial charge >= 0.3 is 0 Å². The normalized spacial score (nSPS) is 16.0. The number of hydrogen-bond acceptors (Lipinski definition) is 6. The van der Waals surface area contributed by atoms with Crippen LogP contribution in [0.15, 0.2) is 76.7 Å². The molecule has 164 valence electrons. The molecule has 0 saturated carbocycles. The summed E-state index contributed by atoms with van der Waals surface area (Å²) >= 11 is 0. The number of aliphatic hydroxyl groups excluding tert-OH is 1. The Hall–Kier alpha value is -3.87. The van der Waals surface area contributed by atoms with Crippen molar-refractivity contribution in [3.63, 3.8) is 0 Å². The summed E-state index contributed by atoms with van der Waals surface area (Å²) in [5, 5.41) is 14.7. The Kier molecular flexibility index (Phi) is 6.07. The van der Waals surface area contributed by atoms with Crippen molar-refractivity contribution >= 4 is 17.4 Å². The van der Waals surface area contributed by atoms with Crippen LogP contribution < -0.4 is 9.64 Å². The van der Waals surface area contributed by atoms with Crippen LogP contribution in [-0.2, 0) is 9.59 Å². The van der Waals surface area contributed by atoms with Gasteiger partial charge in [0.1, 0.15) is 17.7 Å². The molecule has 32 heavy (non-hydrogen) atoms. The van der Waals surface area contributed by atoms with Crippen molar-refractivity contribution in [3.05, 3.63) is 77.8 Å². The zero-order valence-electron chi connectivity index (χ0n) is 17.9. The summed E-state index contributed by atoms with van der Waals surface area (Å²) in [4.78, 5) is 27.7. The highest BCUT2D eigenvalue weighted by Gasteiger charge is 2.45. The number of amides is 1. The Morgan fingerprint density at radius 2 is 1.91 bits per heavy atom. The van der Waals surface area contributed by atoms with Gasteiger partial charge < -0.3 is 14.4 Å². The fourth-order valence-electron chi connectivity index (χ4n) is 3.97. The number of anilines is 1. The molecule has 0 spiro atoms. The molecule has 0 aliphatic carbocycles. The molecule has 1 unspecified atom stereocenters. The predicted molar refractivity (Wildman–Crippen MR) is 119 cm³/mol. The van der Waals surface area contributed by atoms with E-state index in [-0.39, 0.29) is 17.8 Å². The molecule has 7 heteroatoms. The van der Waals surface area contributed by atoms with Crippen molar-refractivity contribution in [1.82, 2.24) is 5.16 Å². The van der Waals surface area contributed by atoms with Crippen LogP contribution in [-0.4, -0.2) is 29.1 Å². The number of ketones is 1. The van der Waals surface area contributed by atoms with Gasteiger partial charge in [-0.1, -0.05) is 48.8 Å². The van der Waals surface area contributed by atoms with Gasteiger partial charge in [-0.3, -0.25) is 14.5 Å². The quantitative estimate of drug-likeness (QED) is 0.538. The van der Waals surface area contributed by atoms with Gasteiger partial charge in [0.05, 0.1) is 18.7 Å². The van der Waals surface area contributed by atoms with Crippen molar-refractivity contribution in [2.45, 2.75) is 32.2 Å². The number of nitrogens with zero attached hydrogens (tertiary/aromatic N) is 2. The third kappa shape index (κ3) is 3.77. The fraction of sp³-hybridized carbons (Fsp3) is 0.240. The van der Waals surface area contributed by atoms with Gasteiger partial charge in [0.15, 0.2) is 11.5 Å². The number of rotatable bonds is 8. The molecule has 4 rings (SSSR count). The van der Waals surface area contributed by atoms with Crippen molar-refractivity contribution < 1.29 is 24.0 Å². The maximum atomic E-state index is 13.2. The standard InChI is InChI=1S/C25H24N2O5/c1-3-4-8-20(28)22-23(18-7-5-6-9-21(18)31-2)27(25(30)24(22)29)17-12-10-16(11-13-17)19-14-15-32-26-19/h5-7,9-15,23,29H,3-4,8H2,1-2H3. The number of methoxy groups -OCH3 is 1.